The van der Waals surface area contributed by atoms with E-state index in [0.717, 1.165) is 0 Å². The van der Waals surface area contributed by atoms with Gasteiger partial charge in [-0.05, 0) is 25.1 Å². The highest BCUT2D eigenvalue weighted by Crippen LogP contribution is 2.32. The smallest absolute Gasteiger partial charge is 0.342 e. The van der Waals surface area contributed by atoms with Crippen molar-refractivity contribution >= 4 is 23.1 Å². The zero-order chi connectivity index (χ0) is 18.0. The van der Waals surface area contributed by atoms with Crippen molar-refractivity contribution in [1.82, 2.24) is 4.40 Å². The van der Waals surface area contributed by atoms with Crippen LogP contribution in [0.3, 0.4) is 0 Å². The van der Waals surface area contributed by atoms with Crippen LogP contribution >= 0.6 is 0 Å². The molecule has 0 spiro atoms. The number of fused-ring (bicyclic) bond motifs is 1. The lowest BCUT2D eigenvalue weighted by molar-refractivity contribution is 0.0529. The van der Waals surface area contributed by atoms with Crippen molar-refractivity contribution in [2.75, 3.05) is 18.6 Å². The molecule has 3 heterocycles. The topological polar surface area (TPSA) is 87.9 Å². The van der Waals surface area contributed by atoms with Crippen molar-refractivity contribution in [3.05, 3.63) is 64.3 Å². The molecular weight excluding hydrogens is 322 g/mol. The van der Waals surface area contributed by atoms with Crippen LogP contribution in [0.5, 0.6) is 0 Å². The number of anilines is 2. The molecule has 0 unspecified atom stereocenters. The van der Waals surface area contributed by atoms with Crippen LogP contribution in [0.2, 0.25) is 0 Å². The first-order valence-corrected chi connectivity index (χ1v) is 7.62. The van der Waals surface area contributed by atoms with Gasteiger partial charge in [-0.1, -0.05) is 6.07 Å². The number of aromatic nitrogens is 1. The predicted octanol–water partition coefficient (Wildman–Crippen LogP) is 2.71. The van der Waals surface area contributed by atoms with Gasteiger partial charge in [-0.2, -0.15) is 5.26 Å². The van der Waals surface area contributed by atoms with Crippen molar-refractivity contribution in [2.24, 2.45) is 0 Å². The highest BCUT2D eigenvalue weighted by atomic mass is 16.5. The first-order chi connectivity index (χ1) is 12.1. The summed E-state index contributed by atoms with van der Waals surface area (Å²) in [6.45, 7) is 1.86. The van der Waals surface area contributed by atoms with Gasteiger partial charge in [-0.25, -0.2) is 4.79 Å². The molecule has 3 aromatic rings. The minimum Gasteiger partial charge on any atom is -0.462 e. The Kier molecular flexibility index (Phi) is 4.27. The van der Waals surface area contributed by atoms with E-state index in [1.807, 2.05) is 6.07 Å². The molecule has 0 aliphatic heterocycles. The lowest BCUT2D eigenvalue weighted by atomic mass is 10.1. The first kappa shape index (κ1) is 16.3. The summed E-state index contributed by atoms with van der Waals surface area (Å²) in [4.78, 5) is 26.8. The van der Waals surface area contributed by atoms with E-state index in [9.17, 15) is 14.9 Å². The van der Waals surface area contributed by atoms with E-state index in [-0.39, 0.29) is 23.4 Å². The van der Waals surface area contributed by atoms with Gasteiger partial charge in [0.15, 0.2) is 5.88 Å². The molecule has 0 N–H and O–H groups in total. The number of rotatable bonds is 4. The molecule has 0 bridgehead atoms. The summed E-state index contributed by atoms with van der Waals surface area (Å²) >= 11 is 0. The highest BCUT2D eigenvalue weighted by molar-refractivity contribution is 6.04. The zero-order valence-electron chi connectivity index (χ0n) is 13.7. The fourth-order valence-electron chi connectivity index (χ4n) is 2.70. The Morgan fingerprint density at radius 3 is 2.80 bits per heavy atom. The van der Waals surface area contributed by atoms with E-state index in [0.29, 0.717) is 11.4 Å². The Morgan fingerprint density at radius 2 is 2.16 bits per heavy atom. The normalized spacial score (nSPS) is 10.4. The minimum absolute atomic E-state index is 0.137. The van der Waals surface area contributed by atoms with Crippen molar-refractivity contribution in [2.45, 2.75) is 6.92 Å². The zero-order valence-corrected chi connectivity index (χ0v) is 13.7. The second-order valence-corrected chi connectivity index (χ2v) is 5.20. The number of hydrogen-bond donors (Lipinski definition) is 0. The van der Waals surface area contributed by atoms with Crippen LogP contribution in [0.15, 0.2) is 52.0 Å². The monoisotopic (exact) mass is 337 g/mol. The Morgan fingerprint density at radius 1 is 1.36 bits per heavy atom. The Hall–Kier alpha value is -3.53. The number of nitrogens with zero attached hydrogens (tertiary/aromatic N) is 3. The average molecular weight is 337 g/mol. The molecule has 126 valence electrons. The fraction of sp³-hybridized carbons (Fsp3) is 0.167. The van der Waals surface area contributed by atoms with Crippen LogP contribution in [0.4, 0.5) is 11.6 Å². The summed E-state index contributed by atoms with van der Waals surface area (Å²) in [5.41, 5.74) is -0.0202. The Labute approximate surface area is 143 Å². The number of carbonyl (C=O) groups is 1. The molecule has 0 saturated carbocycles. The molecule has 7 nitrogen and oxygen atoms in total. The quantitative estimate of drug-likeness (QED) is 0.680. The van der Waals surface area contributed by atoms with Crippen LogP contribution in [-0.2, 0) is 4.74 Å². The summed E-state index contributed by atoms with van der Waals surface area (Å²) in [7, 11) is 1.62. The maximum Gasteiger partial charge on any atom is 0.342 e. The van der Waals surface area contributed by atoms with E-state index in [2.05, 4.69) is 0 Å². The fourth-order valence-corrected chi connectivity index (χ4v) is 2.70. The standard InChI is InChI=1S/C18H15N3O4/c1-3-24-18(23)15-13-7-4-5-9-21(13)17(22)12(11-19)16(15)20(2)14-8-6-10-25-14/h4-10H,3H2,1-2H3. The molecule has 0 aliphatic carbocycles. The van der Waals surface area contributed by atoms with Crippen LogP contribution in [-0.4, -0.2) is 24.0 Å². The van der Waals surface area contributed by atoms with Crippen molar-refractivity contribution in [3.8, 4) is 6.07 Å². The Balaban J connectivity index is 2.44. The molecule has 0 atom stereocenters. The molecule has 0 aromatic carbocycles. The highest BCUT2D eigenvalue weighted by Gasteiger charge is 2.27. The van der Waals surface area contributed by atoms with Crippen LogP contribution in [0.25, 0.3) is 5.52 Å². The van der Waals surface area contributed by atoms with Gasteiger partial charge in [0.25, 0.3) is 5.56 Å². The average Bonchev–Trinajstić information content (AvgIpc) is 3.15. The molecule has 0 saturated heterocycles. The number of pyridine rings is 2. The lowest BCUT2D eigenvalue weighted by Crippen LogP contribution is -2.26. The third-order valence-corrected chi connectivity index (χ3v) is 3.79. The number of carbonyl (C=O) groups excluding carboxylic acids is 1. The predicted molar refractivity (Wildman–Crippen MR) is 91.1 cm³/mol. The van der Waals surface area contributed by atoms with E-state index < -0.39 is 11.5 Å². The van der Waals surface area contributed by atoms with Crippen LogP contribution < -0.4 is 10.5 Å². The second kappa shape index (κ2) is 6.53. The SMILES string of the molecule is CCOC(=O)c1c(N(C)c2ccco2)c(C#N)c(=O)n2ccccc12. The molecular formula is C18H15N3O4. The number of esters is 1. The summed E-state index contributed by atoms with van der Waals surface area (Å²) < 4.78 is 11.8. The number of ether oxygens (including phenoxy) is 1. The van der Waals surface area contributed by atoms with Crippen molar-refractivity contribution in [3.63, 3.8) is 0 Å². The van der Waals surface area contributed by atoms with Gasteiger partial charge in [-0.15, -0.1) is 0 Å². The van der Waals surface area contributed by atoms with Crippen molar-refractivity contribution in [1.29, 1.82) is 5.26 Å². The largest absolute Gasteiger partial charge is 0.462 e. The first-order valence-electron chi connectivity index (χ1n) is 7.62. The van der Waals surface area contributed by atoms with Gasteiger partial charge in [0.05, 0.1) is 24.1 Å². The van der Waals surface area contributed by atoms with Crippen molar-refractivity contribution < 1.29 is 13.9 Å². The number of nitriles is 1. The van der Waals surface area contributed by atoms with Crippen LogP contribution in [0.1, 0.15) is 22.8 Å². The lowest BCUT2D eigenvalue weighted by Gasteiger charge is -2.21. The summed E-state index contributed by atoms with van der Waals surface area (Å²) in [6.07, 6.45) is 2.98. The van der Waals surface area contributed by atoms with Gasteiger partial charge >= 0.3 is 5.97 Å². The molecule has 0 aliphatic rings. The second-order valence-electron chi connectivity index (χ2n) is 5.20. The Bertz CT molecular complexity index is 1030. The third-order valence-electron chi connectivity index (χ3n) is 3.79. The molecule has 7 heteroatoms. The molecule has 0 amide bonds. The van der Waals surface area contributed by atoms with Gasteiger partial charge in [0.2, 0.25) is 0 Å². The molecule has 3 aromatic heterocycles. The van der Waals surface area contributed by atoms with Gasteiger partial charge < -0.3 is 14.1 Å². The van der Waals surface area contributed by atoms with E-state index in [1.165, 1.54) is 21.8 Å². The molecule has 0 radical (unpaired) electrons. The molecule has 3 rings (SSSR count). The third kappa shape index (κ3) is 2.64. The number of hydrogen-bond acceptors (Lipinski definition) is 6. The minimum atomic E-state index is -0.615. The maximum atomic E-state index is 12.7. The summed E-state index contributed by atoms with van der Waals surface area (Å²) in [6, 6.07) is 10.3. The molecule has 0 fully saturated rings. The molecule has 25 heavy (non-hydrogen) atoms. The summed E-state index contributed by atoms with van der Waals surface area (Å²) in [5, 5.41) is 9.57. The summed E-state index contributed by atoms with van der Waals surface area (Å²) in [5.74, 6) is -0.224. The van der Waals surface area contributed by atoms with Gasteiger partial charge in [-0.3, -0.25) is 9.20 Å². The van der Waals surface area contributed by atoms with E-state index in [4.69, 9.17) is 9.15 Å². The van der Waals surface area contributed by atoms with Crippen LogP contribution in [0, 0.1) is 11.3 Å². The van der Waals surface area contributed by atoms with Gasteiger partial charge in [0, 0.05) is 19.3 Å². The van der Waals surface area contributed by atoms with Gasteiger partial charge in [0.1, 0.15) is 17.2 Å². The number of furan rings is 1. The van der Waals surface area contributed by atoms with E-state index >= 15 is 0 Å². The maximum absolute atomic E-state index is 12.7. The van der Waals surface area contributed by atoms with E-state index in [1.54, 1.807) is 44.3 Å².